The molecule has 0 saturated carbocycles. The van der Waals surface area contributed by atoms with Gasteiger partial charge in [-0.1, -0.05) is 5.92 Å². The van der Waals surface area contributed by atoms with E-state index in [1.165, 1.54) is 0 Å². The van der Waals surface area contributed by atoms with E-state index in [2.05, 4.69) is 21.6 Å². The van der Waals surface area contributed by atoms with Crippen molar-refractivity contribution < 1.29 is 9.84 Å². The highest BCUT2D eigenvalue weighted by atomic mass is 16.5. The van der Waals surface area contributed by atoms with E-state index in [1.54, 1.807) is 0 Å². The number of hydrogen-bond donors (Lipinski definition) is 1. The molecule has 1 saturated heterocycles. The summed E-state index contributed by atoms with van der Waals surface area (Å²) in [6.45, 7) is 9.24. The molecular weight excluding hydrogens is 204 g/mol. The fourth-order valence-corrected chi connectivity index (χ4v) is 1.71. The summed E-state index contributed by atoms with van der Waals surface area (Å²) >= 11 is 0. The number of aliphatic hydroxyl groups excluding tert-OH is 1. The molecule has 1 aliphatic rings. The van der Waals surface area contributed by atoms with Gasteiger partial charge in [-0.2, -0.15) is 0 Å². The summed E-state index contributed by atoms with van der Waals surface area (Å²) < 4.78 is 5.30. The molecule has 4 nitrogen and oxygen atoms in total. The van der Waals surface area contributed by atoms with Crippen LogP contribution in [0.2, 0.25) is 0 Å². The fraction of sp³-hybridized carbons (Fsp3) is 0.833. The molecule has 0 amide bonds. The Morgan fingerprint density at radius 2 is 2.06 bits per heavy atom. The lowest BCUT2D eigenvalue weighted by Crippen LogP contribution is -2.42. The first-order valence-corrected chi connectivity index (χ1v) is 5.89. The molecule has 1 rings (SSSR count). The monoisotopic (exact) mass is 226 g/mol. The summed E-state index contributed by atoms with van der Waals surface area (Å²) in [7, 11) is 0. The van der Waals surface area contributed by atoms with Crippen LogP contribution >= 0.6 is 0 Å². The Hall–Kier alpha value is -0.600. The Balaban J connectivity index is 2.20. The minimum Gasteiger partial charge on any atom is -0.395 e. The van der Waals surface area contributed by atoms with E-state index in [4.69, 9.17) is 9.84 Å². The molecule has 0 bridgehead atoms. The van der Waals surface area contributed by atoms with Crippen LogP contribution in [0.4, 0.5) is 0 Å². The van der Waals surface area contributed by atoms with Gasteiger partial charge in [0.15, 0.2) is 0 Å². The molecule has 1 heterocycles. The summed E-state index contributed by atoms with van der Waals surface area (Å²) in [5.41, 5.74) is 0. The number of hydrogen-bond acceptors (Lipinski definition) is 4. The maximum absolute atomic E-state index is 8.95. The van der Waals surface area contributed by atoms with Crippen LogP contribution in [0.25, 0.3) is 0 Å². The third kappa shape index (κ3) is 5.47. The lowest BCUT2D eigenvalue weighted by molar-refractivity contribution is 0.0332. The molecule has 0 unspecified atom stereocenters. The van der Waals surface area contributed by atoms with E-state index in [-0.39, 0.29) is 6.61 Å². The highest BCUT2D eigenvalue weighted by Gasteiger charge is 2.11. The maximum atomic E-state index is 8.95. The fourth-order valence-electron chi connectivity index (χ4n) is 1.71. The highest BCUT2D eigenvalue weighted by Crippen LogP contribution is 1.97. The van der Waals surface area contributed by atoms with Gasteiger partial charge in [0, 0.05) is 32.7 Å². The standard InChI is InChI=1S/C12H22N2O2/c1-2-3-4-13(7-10-15)5-6-14-8-11-16-12-9-14/h15H,4-12H2,1H3. The van der Waals surface area contributed by atoms with Crippen molar-refractivity contribution in [3.63, 3.8) is 0 Å². The van der Waals surface area contributed by atoms with Crippen LogP contribution in [-0.2, 0) is 4.74 Å². The summed E-state index contributed by atoms with van der Waals surface area (Å²) in [6, 6.07) is 0. The lowest BCUT2D eigenvalue weighted by Gasteiger charge is -2.29. The van der Waals surface area contributed by atoms with Gasteiger partial charge < -0.3 is 9.84 Å². The number of ether oxygens (including phenoxy) is 1. The molecule has 1 aliphatic heterocycles. The van der Waals surface area contributed by atoms with Gasteiger partial charge in [-0.25, -0.2) is 0 Å². The summed E-state index contributed by atoms with van der Waals surface area (Å²) in [6.07, 6.45) is 0. The van der Waals surface area contributed by atoms with E-state index in [9.17, 15) is 0 Å². The molecule has 0 spiro atoms. The third-order valence-corrected chi connectivity index (χ3v) is 2.73. The second-order valence-electron chi connectivity index (χ2n) is 3.88. The predicted molar refractivity (Wildman–Crippen MR) is 64.2 cm³/mol. The average Bonchev–Trinajstić information content (AvgIpc) is 2.34. The van der Waals surface area contributed by atoms with Crippen molar-refractivity contribution in [2.75, 3.05) is 59.1 Å². The van der Waals surface area contributed by atoms with Crippen molar-refractivity contribution >= 4 is 0 Å². The van der Waals surface area contributed by atoms with E-state index >= 15 is 0 Å². The van der Waals surface area contributed by atoms with Crippen LogP contribution in [0.15, 0.2) is 0 Å². The van der Waals surface area contributed by atoms with Gasteiger partial charge in [0.2, 0.25) is 0 Å². The van der Waals surface area contributed by atoms with Crippen molar-refractivity contribution in [2.45, 2.75) is 6.92 Å². The number of rotatable bonds is 6. The first-order chi connectivity index (χ1) is 7.86. The molecule has 0 atom stereocenters. The van der Waals surface area contributed by atoms with Crippen LogP contribution in [0.3, 0.4) is 0 Å². The van der Waals surface area contributed by atoms with Crippen molar-refractivity contribution in [3.05, 3.63) is 0 Å². The van der Waals surface area contributed by atoms with E-state index in [0.717, 1.165) is 45.9 Å². The van der Waals surface area contributed by atoms with Crippen LogP contribution in [0.1, 0.15) is 6.92 Å². The Labute approximate surface area is 98.2 Å². The van der Waals surface area contributed by atoms with Crippen molar-refractivity contribution in [1.29, 1.82) is 0 Å². The number of morpholine rings is 1. The zero-order valence-electron chi connectivity index (χ0n) is 10.1. The van der Waals surface area contributed by atoms with Crippen molar-refractivity contribution in [2.24, 2.45) is 0 Å². The molecule has 16 heavy (non-hydrogen) atoms. The molecule has 0 radical (unpaired) electrons. The van der Waals surface area contributed by atoms with Crippen LogP contribution in [-0.4, -0.2) is 74.0 Å². The minimum absolute atomic E-state index is 0.203. The molecule has 0 aromatic heterocycles. The van der Waals surface area contributed by atoms with Gasteiger partial charge >= 0.3 is 0 Å². The molecule has 4 heteroatoms. The molecule has 0 aliphatic carbocycles. The molecule has 0 aromatic rings. The molecule has 0 aromatic carbocycles. The van der Waals surface area contributed by atoms with Gasteiger partial charge in [-0.3, -0.25) is 9.80 Å². The Morgan fingerprint density at radius 3 is 2.69 bits per heavy atom. The van der Waals surface area contributed by atoms with Gasteiger partial charge in [0.1, 0.15) is 0 Å². The number of aliphatic hydroxyl groups is 1. The van der Waals surface area contributed by atoms with Crippen molar-refractivity contribution in [3.8, 4) is 11.8 Å². The Morgan fingerprint density at radius 1 is 1.31 bits per heavy atom. The first kappa shape index (κ1) is 13.5. The molecule has 92 valence electrons. The van der Waals surface area contributed by atoms with Crippen molar-refractivity contribution in [1.82, 2.24) is 9.80 Å². The second kappa shape index (κ2) is 8.54. The number of nitrogens with zero attached hydrogens (tertiary/aromatic N) is 2. The van der Waals surface area contributed by atoms with E-state index in [1.807, 2.05) is 6.92 Å². The smallest absolute Gasteiger partial charge is 0.0602 e. The second-order valence-corrected chi connectivity index (χ2v) is 3.88. The summed E-state index contributed by atoms with van der Waals surface area (Å²) in [5, 5.41) is 8.95. The molecular formula is C12H22N2O2. The van der Waals surface area contributed by atoms with Crippen LogP contribution in [0.5, 0.6) is 0 Å². The predicted octanol–water partition coefficient (Wildman–Crippen LogP) is -0.364. The van der Waals surface area contributed by atoms with Gasteiger partial charge in [-0.15, -0.1) is 5.92 Å². The SMILES string of the molecule is CC#CCN(CCO)CCN1CCOCC1. The van der Waals surface area contributed by atoms with E-state index in [0.29, 0.717) is 6.54 Å². The first-order valence-electron chi connectivity index (χ1n) is 5.89. The normalized spacial score (nSPS) is 17.2. The molecule has 1 N–H and O–H groups in total. The largest absolute Gasteiger partial charge is 0.395 e. The third-order valence-electron chi connectivity index (χ3n) is 2.73. The van der Waals surface area contributed by atoms with Crippen LogP contribution < -0.4 is 0 Å². The highest BCUT2D eigenvalue weighted by molar-refractivity contribution is 4.97. The molecule has 1 fully saturated rings. The van der Waals surface area contributed by atoms with E-state index < -0.39 is 0 Å². The zero-order valence-corrected chi connectivity index (χ0v) is 10.1. The summed E-state index contributed by atoms with van der Waals surface area (Å²) in [5.74, 6) is 5.93. The maximum Gasteiger partial charge on any atom is 0.0602 e. The van der Waals surface area contributed by atoms with Gasteiger partial charge in [-0.05, 0) is 6.92 Å². The zero-order chi connectivity index (χ0) is 11.6. The lowest BCUT2D eigenvalue weighted by atomic mass is 10.3. The van der Waals surface area contributed by atoms with Gasteiger partial charge in [0.25, 0.3) is 0 Å². The Kier molecular flexibility index (Phi) is 7.19. The summed E-state index contributed by atoms with van der Waals surface area (Å²) in [4.78, 5) is 4.58. The average molecular weight is 226 g/mol. The quantitative estimate of drug-likeness (QED) is 0.627. The topological polar surface area (TPSA) is 35.9 Å². The minimum atomic E-state index is 0.203. The van der Waals surface area contributed by atoms with Gasteiger partial charge in [0.05, 0.1) is 26.4 Å². The van der Waals surface area contributed by atoms with Crippen LogP contribution in [0, 0.1) is 11.8 Å². The Bertz CT molecular complexity index is 229.